The van der Waals surface area contributed by atoms with Crippen molar-refractivity contribution in [2.45, 2.75) is 25.2 Å². The van der Waals surface area contributed by atoms with E-state index in [2.05, 4.69) is 4.98 Å². The topological polar surface area (TPSA) is 86.2 Å². The molecule has 1 atom stereocenters. The van der Waals surface area contributed by atoms with Crippen molar-refractivity contribution in [3.63, 3.8) is 0 Å². The van der Waals surface area contributed by atoms with E-state index in [9.17, 15) is 8.42 Å². The lowest BCUT2D eigenvalue weighted by Crippen LogP contribution is -2.04. The fourth-order valence-electron chi connectivity index (χ4n) is 1.90. The van der Waals surface area contributed by atoms with E-state index in [0.717, 1.165) is 18.5 Å². The SMILES string of the molecule is NCCCc1coc(C2CCS(=O)(=O)C2)n1. The monoisotopic (exact) mass is 244 g/mol. The lowest BCUT2D eigenvalue weighted by atomic mass is 10.1. The molecule has 0 aromatic carbocycles. The molecule has 2 N–H and O–H groups in total. The normalized spacial score (nSPS) is 23.7. The maximum Gasteiger partial charge on any atom is 0.198 e. The summed E-state index contributed by atoms with van der Waals surface area (Å²) in [5, 5.41) is 0. The number of oxazole rings is 1. The van der Waals surface area contributed by atoms with Crippen molar-refractivity contribution in [2.75, 3.05) is 18.1 Å². The molecule has 6 heteroatoms. The number of rotatable bonds is 4. The largest absolute Gasteiger partial charge is 0.448 e. The van der Waals surface area contributed by atoms with Crippen molar-refractivity contribution in [3.8, 4) is 0 Å². The van der Waals surface area contributed by atoms with Gasteiger partial charge >= 0.3 is 0 Å². The number of hydrogen-bond acceptors (Lipinski definition) is 5. The van der Waals surface area contributed by atoms with Crippen LogP contribution < -0.4 is 5.73 Å². The Morgan fingerprint density at radius 3 is 3.00 bits per heavy atom. The first-order valence-corrected chi connectivity index (χ1v) is 7.27. The summed E-state index contributed by atoms with van der Waals surface area (Å²) in [6.45, 7) is 0.625. The number of sulfone groups is 1. The van der Waals surface area contributed by atoms with Gasteiger partial charge in [-0.2, -0.15) is 0 Å². The van der Waals surface area contributed by atoms with Gasteiger partial charge in [0, 0.05) is 0 Å². The van der Waals surface area contributed by atoms with E-state index in [0.29, 0.717) is 18.9 Å². The molecule has 2 rings (SSSR count). The van der Waals surface area contributed by atoms with Gasteiger partial charge in [0.15, 0.2) is 15.7 Å². The zero-order valence-corrected chi connectivity index (χ0v) is 9.87. The highest BCUT2D eigenvalue weighted by atomic mass is 32.2. The van der Waals surface area contributed by atoms with E-state index in [-0.39, 0.29) is 17.4 Å². The van der Waals surface area contributed by atoms with Crippen LogP contribution in [0.1, 0.15) is 30.3 Å². The van der Waals surface area contributed by atoms with Crippen molar-refractivity contribution in [1.29, 1.82) is 0 Å². The Morgan fingerprint density at radius 2 is 2.38 bits per heavy atom. The molecule has 0 aliphatic carbocycles. The summed E-state index contributed by atoms with van der Waals surface area (Å²) < 4.78 is 27.9. The molecule has 2 heterocycles. The summed E-state index contributed by atoms with van der Waals surface area (Å²) in [5.74, 6) is 0.923. The minimum atomic E-state index is -2.87. The second-order valence-electron chi connectivity index (χ2n) is 4.17. The van der Waals surface area contributed by atoms with Crippen LogP contribution in [0.3, 0.4) is 0 Å². The summed E-state index contributed by atoms with van der Waals surface area (Å²) in [7, 11) is -2.87. The van der Waals surface area contributed by atoms with E-state index in [1.165, 1.54) is 0 Å². The summed E-state index contributed by atoms with van der Waals surface area (Å²) in [6, 6.07) is 0. The zero-order chi connectivity index (χ0) is 11.6. The van der Waals surface area contributed by atoms with Crippen molar-refractivity contribution < 1.29 is 12.8 Å². The molecule has 1 fully saturated rings. The first kappa shape index (κ1) is 11.6. The van der Waals surface area contributed by atoms with Crippen LogP contribution in [0.4, 0.5) is 0 Å². The Morgan fingerprint density at radius 1 is 1.56 bits per heavy atom. The molecule has 0 radical (unpaired) electrons. The quantitative estimate of drug-likeness (QED) is 0.832. The summed E-state index contributed by atoms with van der Waals surface area (Å²) >= 11 is 0. The minimum absolute atomic E-state index is 0.0587. The fourth-order valence-corrected chi connectivity index (χ4v) is 3.63. The maximum absolute atomic E-state index is 11.3. The number of aromatic nitrogens is 1. The van der Waals surface area contributed by atoms with Crippen LogP contribution in [0.2, 0.25) is 0 Å². The number of hydrogen-bond donors (Lipinski definition) is 1. The molecule has 0 spiro atoms. The van der Waals surface area contributed by atoms with E-state index >= 15 is 0 Å². The smallest absolute Gasteiger partial charge is 0.198 e. The predicted octanol–water partition coefficient (Wildman–Crippen LogP) is 0.468. The van der Waals surface area contributed by atoms with Crippen molar-refractivity contribution in [3.05, 3.63) is 17.8 Å². The van der Waals surface area contributed by atoms with E-state index in [4.69, 9.17) is 10.2 Å². The molecule has 1 aromatic rings. The number of nitrogens with zero attached hydrogens (tertiary/aromatic N) is 1. The standard InChI is InChI=1S/C10H16N2O3S/c11-4-1-2-9-6-15-10(12-9)8-3-5-16(13,14)7-8/h6,8H,1-5,7,11H2. The molecule has 1 aliphatic rings. The molecule has 1 aliphatic heterocycles. The zero-order valence-electron chi connectivity index (χ0n) is 9.05. The van der Waals surface area contributed by atoms with Gasteiger partial charge in [-0.15, -0.1) is 0 Å². The first-order chi connectivity index (χ1) is 7.61. The second-order valence-corrected chi connectivity index (χ2v) is 6.40. The Hall–Kier alpha value is -0.880. The van der Waals surface area contributed by atoms with Crippen LogP contribution in [0.25, 0.3) is 0 Å². The molecule has 90 valence electrons. The summed E-state index contributed by atoms with van der Waals surface area (Å²) in [5.41, 5.74) is 6.27. The molecule has 0 amide bonds. The van der Waals surface area contributed by atoms with E-state index < -0.39 is 9.84 Å². The number of nitrogens with two attached hydrogens (primary N) is 1. The highest BCUT2D eigenvalue weighted by Crippen LogP contribution is 2.28. The highest BCUT2D eigenvalue weighted by molar-refractivity contribution is 7.91. The van der Waals surface area contributed by atoms with E-state index in [1.807, 2.05) is 0 Å². The lowest BCUT2D eigenvalue weighted by molar-refractivity contribution is 0.460. The Bertz CT molecular complexity index is 452. The van der Waals surface area contributed by atoms with Crippen LogP contribution >= 0.6 is 0 Å². The van der Waals surface area contributed by atoms with Crippen molar-refractivity contribution in [1.82, 2.24) is 4.98 Å². The summed E-state index contributed by atoms with van der Waals surface area (Å²) in [4.78, 5) is 4.31. The van der Waals surface area contributed by atoms with Gasteiger partial charge in [-0.3, -0.25) is 0 Å². The van der Waals surface area contributed by atoms with Gasteiger partial charge < -0.3 is 10.2 Å². The van der Waals surface area contributed by atoms with Gasteiger partial charge in [0.25, 0.3) is 0 Å². The third-order valence-electron chi connectivity index (χ3n) is 2.79. The van der Waals surface area contributed by atoms with Crippen molar-refractivity contribution in [2.24, 2.45) is 5.73 Å². The van der Waals surface area contributed by atoms with Crippen LogP contribution in [-0.4, -0.2) is 31.5 Å². The van der Waals surface area contributed by atoms with Crippen LogP contribution in [0, 0.1) is 0 Å². The fraction of sp³-hybridized carbons (Fsp3) is 0.700. The minimum Gasteiger partial charge on any atom is -0.448 e. The van der Waals surface area contributed by atoms with Crippen LogP contribution in [0.5, 0.6) is 0 Å². The van der Waals surface area contributed by atoms with Gasteiger partial charge in [-0.25, -0.2) is 13.4 Å². The van der Waals surface area contributed by atoms with E-state index in [1.54, 1.807) is 6.26 Å². The summed E-state index contributed by atoms with van der Waals surface area (Å²) in [6.07, 6.45) is 3.89. The van der Waals surface area contributed by atoms with Gasteiger partial charge in [-0.1, -0.05) is 0 Å². The third kappa shape index (κ3) is 2.62. The molecular formula is C10H16N2O3S. The average Bonchev–Trinajstić information content (AvgIpc) is 2.81. The van der Waals surface area contributed by atoms with Gasteiger partial charge in [0.2, 0.25) is 0 Å². The molecule has 1 unspecified atom stereocenters. The molecule has 0 saturated carbocycles. The average molecular weight is 244 g/mol. The lowest BCUT2D eigenvalue weighted by Gasteiger charge is -1.99. The maximum atomic E-state index is 11.3. The highest BCUT2D eigenvalue weighted by Gasteiger charge is 2.32. The van der Waals surface area contributed by atoms with Gasteiger partial charge in [-0.05, 0) is 25.8 Å². The molecule has 0 bridgehead atoms. The molecule has 1 saturated heterocycles. The van der Waals surface area contributed by atoms with Crippen LogP contribution in [-0.2, 0) is 16.3 Å². The molecule has 5 nitrogen and oxygen atoms in total. The Balaban J connectivity index is 2.02. The van der Waals surface area contributed by atoms with Gasteiger partial charge in [0.1, 0.15) is 6.26 Å². The molecule has 1 aromatic heterocycles. The Kier molecular flexibility index (Phi) is 3.30. The van der Waals surface area contributed by atoms with Crippen molar-refractivity contribution >= 4 is 9.84 Å². The van der Waals surface area contributed by atoms with Crippen LogP contribution in [0.15, 0.2) is 10.7 Å². The second kappa shape index (κ2) is 4.55. The van der Waals surface area contributed by atoms with Gasteiger partial charge in [0.05, 0.1) is 23.1 Å². The third-order valence-corrected chi connectivity index (χ3v) is 4.56. The first-order valence-electron chi connectivity index (χ1n) is 5.45. The Labute approximate surface area is 95.0 Å². The predicted molar refractivity (Wildman–Crippen MR) is 59.9 cm³/mol. The molecular weight excluding hydrogens is 228 g/mol. The molecule has 16 heavy (non-hydrogen) atoms. The number of aryl methyl sites for hydroxylation is 1.